The molecule has 0 saturated heterocycles. The van der Waals surface area contributed by atoms with Gasteiger partial charge in [0.05, 0.1) is 6.42 Å². The lowest BCUT2D eigenvalue weighted by Crippen LogP contribution is -2.39. The number of carbonyl (C=O) groups excluding carboxylic acids is 1. The van der Waals surface area contributed by atoms with Gasteiger partial charge in [0.15, 0.2) is 0 Å². The lowest BCUT2D eigenvalue weighted by Gasteiger charge is -2.21. The van der Waals surface area contributed by atoms with E-state index in [1.165, 1.54) is 0 Å². The molecular weight excluding hydrogens is 288 g/mol. The number of hydrogen-bond donors (Lipinski definition) is 3. The number of carbonyl (C=O) groups is 1. The summed E-state index contributed by atoms with van der Waals surface area (Å²) >= 11 is 5.95. The van der Waals surface area contributed by atoms with Crippen LogP contribution in [0.4, 0.5) is 0 Å². The molecule has 0 aliphatic carbocycles. The Kier molecular flexibility index (Phi) is 5.26. The highest BCUT2D eigenvalue weighted by Gasteiger charge is 2.16. The number of amides is 1. The minimum absolute atomic E-state index is 0.00199. The highest BCUT2D eigenvalue weighted by molar-refractivity contribution is 6.31. The minimum Gasteiger partial charge on any atom is -0.396 e. The Morgan fingerprint density at radius 3 is 2.86 bits per heavy atom. The molecule has 0 aliphatic rings. The lowest BCUT2D eigenvalue weighted by molar-refractivity contribution is -0.121. The highest BCUT2D eigenvalue weighted by atomic mass is 35.5. The normalized spacial score (nSPS) is 12.8. The maximum atomic E-state index is 12.2. The second-order valence-electron chi connectivity index (χ2n) is 5.61. The molecule has 0 fully saturated rings. The van der Waals surface area contributed by atoms with Crippen LogP contribution in [0.1, 0.15) is 25.8 Å². The summed E-state index contributed by atoms with van der Waals surface area (Å²) in [5.74, 6) is 0.265. The van der Waals surface area contributed by atoms with Crippen molar-refractivity contribution in [3.63, 3.8) is 0 Å². The fourth-order valence-electron chi connectivity index (χ4n) is 2.45. The van der Waals surface area contributed by atoms with E-state index >= 15 is 0 Å². The molecule has 21 heavy (non-hydrogen) atoms. The zero-order chi connectivity index (χ0) is 15.4. The summed E-state index contributed by atoms with van der Waals surface area (Å²) in [6.07, 6.45) is 2.74. The van der Waals surface area contributed by atoms with Crippen LogP contribution in [0.5, 0.6) is 0 Å². The summed E-state index contributed by atoms with van der Waals surface area (Å²) in [5.41, 5.74) is 1.88. The van der Waals surface area contributed by atoms with Gasteiger partial charge >= 0.3 is 0 Å². The van der Waals surface area contributed by atoms with Crippen LogP contribution in [0.25, 0.3) is 10.9 Å². The number of hydrogen-bond acceptors (Lipinski definition) is 2. The van der Waals surface area contributed by atoms with E-state index in [4.69, 9.17) is 16.7 Å². The Labute approximate surface area is 129 Å². The molecule has 1 aromatic heterocycles. The predicted octanol–water partition coefficient (Wildman–Crippen LogP) is 2.89. The fourth-order valence-corrected chi connectivity index (χ4v) is 2.62. The highest BCUT2D eigenvalue weighted by Crippen LogP contribution is 2.22. The maximum absolute atomic E-state index is 12.2. The summed E-state index contributed by atoms with van der Waals surface area (Å²) in [6.45, 7) is 4.15. The first-order valence-corrected chi connectivity index (χ1v) is 7.54. The largest absolute Gasteiger partial charge is 0.396 e. The number of aromatic nitrogens is 1. The van der Waals surface area contributed by atoms with Crippen molar-refractivity contribution in [3.05, 3.63) is 35.0 Å². The molecule has 1 amide bonds. The molecule has 114 valence electrons. The zero-order valence-electron chi connectivity index (χ0n) is 12.3. The van der Waals surface area contributed by atoms with Gasteiger partial charge in [0, 0.05) is 34.8 Å². The van der Waals surface area contributed by atoms with Crippen molar-refractivity contribution < 1.29 is 9.90 Å². The third-order valence-corrected chi connectivity index (χ3v) is 3.91. The van der Waals surface area contributed by atoms with Crippen LogP contribution in [-0.2, 0) is 11.2 Å². The van der Waals surface area contributed by atoms with Crippen LogP contribution in [0, 0.1) is 5.92 Å². The van der Waals surface area contributed by atoms with Crippen LogP contribution < -0.4 is 5.32 Å². The molecule has 1 aromatic carbocycles. The van der Waals surface area contributed by atoms with Gasteiger partial charge in [0.25, 0.3) is 0 Å². The van der Waals surface area contributed by atoms with Gasteiger partial charge in [0.1, 0.15) is 0 Å². The molecule has 1 atom stereocenters. The van der Waals surface area contributed by atoms with Gasteiger partial charge in [-0.2, -0.15) is 0 Å². The van der Waals surface area contributed by atoms with E-state index in [1.54, 1.807) is 0 Å². The maximum Gasteiger partial charge on any atom is 0.224 e. The molecule has 0 spiro atoms. The van der Waals surface area contributed by atoms with E-state index in [1.807, 2.05) is 38.2 Å². The monoisotopic (exact) mass is 308 g/mol. The molecule has 5 heteroatoms. The number of nitrogens with one attached hydrogen (secondary N) is 2. The molecule has 0 saturated carbocycles. The summed E-state index contributed by atoms with van der Waals surface area (Å²) in [5, 5.41) is 13.7. The van der Waals surface area contributed by atoms with E-state index in [9.17, 15) is 4.79 Å². The van der Waals surface area contributed by atoms with Gasteiger partial charge in [0.2, 0.25) is 5.91 Å². The van der Waals surface area contributed by atoms with Crippen LogP contribution in [-0.4, -0.2) is 28.6 Å². The average Bonchev–Trinajstić information content (AvgIpc) is 2.80. The quantitative estimate of drug-likeness (QED) is 0.768. The number of aromatic amines is 1. The second kappa shape index (κ2) is 6.96. The molecule has 3 N–H and O–H groups in total. The third kappa shape index (κ3) is 3.99. The van der Waals surface area contributed by atoms with Gasteiger partial charge in [-0.1, -0.05) is 31.5 Å². The van der Waals surface area contributed by atoms with Crippen molar-refractivity contribution in [1.29, 1.82) is 0 Å². The molecule has 2 aromatic rings. The Morgan fingerprint density at radius 1 is 1.43 bits per heavy atom. The average molecular weight is 309 g/mol. The Morgan fingerprint density at radius 2 is 2.19 bits per heavy atom. The van der Waals surface area contributed by atoms with Gasteiger partial charge in [-0.05, 0) is 30.0 Å². The smallest absolute Gasteiger partial charge is 0.224 e. The molecule has 4 nitrogen and oxygen atoms in total. The molecule has 2 rings (SSSR count). The van der Waals surface area contributed by atoms with Crippen LogP contribution >= 0.6 is 11.6 Å². The van der Waals surface area contributed by atoms with E-state index < -0.39 is 0 Å². The Hall–Kier alpha value is -1.52. The third-order valence-electron chi connectivity index (χ3n) is 3.67. The van der Waals surface area contributed by atoms with Gasteiger partial charge in [-0.15, -0.1) is 0 Å². The molecule has 0 bridgehead atoms. The molecule has 1 unspecified atom stereocenters. The van der Waals surface area contributed by atoms with Gasteiger partial charge in [-0.25, -0.2) is 0 Å². The van der Waals surface area contributed by atoms with E-state index in [-0.39, 0.29) is 18.6 Å². The van der Waals surface area contributed by atoms with Crippen molar-refractivity contribution >= 4 is 28.4 Å². The summed E-state index contributed by atoms with van der Waals surface area (Å²) in [7, 11) is 0. The topological polar surface area (TPSA) is 65.1 Å². The summed E-state index contributed by atoms with van der Waals surface area (Å²) in [4.78, 5) is 15.3. The molecular formula is C16H21ClN2O2. The first-order valence-electron chi connectivity index (χ1n) is 7.17. The van der Waals surface area contributed by atoms with Gasteiger partial charge < -0.3 is 15.4 Å². The summed E-state index contributed by atoms with van der Waals surface area (Å²) < 4.78 is 0. The predicted molar refractivity (Wildman–Crippen MR) is 85.5 cm³/mol. The van der Waals surface area contributed by atoms with Crippen LogP contribution in [0.3, 0.4) is 0 Å². The molecule has 0 radical (unpaired) electrons. The second-order valence-corrected chi connectivity index (χ2v) is 6.05. The van der Waals surface area contributed by atoms with Crippen molar-refractivity contribution in [2.75, 3.05) is 6.61 Å². The number of H-pyrrole nitrogens is 1. The molecule has 0 aliphatic heterocycles. The van der Waals surface area contributed by atoms with Crippen molar-refractivity contribution in [2.24, 2.45) is 5.92 Å². The van der Waals surface area contributed by atoms with Crippen molar-refractivity contribution in [1.82, 2.24) is 10.3 Å². The lowest BCUT2D eigenvalue weighted by atomic mass is 10.0. The standard InChI is InChI=1S/C16H21ClN2O2/c1-10(2)14(5-6-20)19-16(21)7-11-9-18-15-8-12(17)3-4-13(11)15/h3-4,8-10,14,18,20H,5-7H2,1-2H3,(H,19,21). The van der Waals surface area contributed by atoms with E-state index in [0.717, 1.165) is 16.5 Å². The number of aliphatic hydroxyl groups is 1. The van der Waals surface area contributed by atoms with Crippen LogP contribution in [0.2, 0.25) is 5.02 Å². The number of rotatable bonds is 6. The first kappa shape index (κ1) is 15.9. The minimum atomic E-state index is -0.0296. The number of fused-ring (bicyclic) bond motifs is 1. The van der Waals surface area contributed by atoms with E-state index in [0.29, 0.717) is 23.8 Å². The summed E-state index contributed by atoms with van der Waals surface area (Å²) in [6, 6.07) is 5.59. The Bertz CT molecular complexity index is 622. The Balaban J connectivity index is 2.07. The van der Waals surface area contributed by atoms with Crippen LogP contribution in [0.15, 0.2) is 24.4 Å². The van der Waals surface area contributed by atoms with Crippen molar-refractivity contribution in [3.8, 4) is 0 Å². The van der Waals surface area contributed by atoms with Gasteiger partial charge in [-0.3, -0.25) is 4.79 Å². The number of aliphatic hydroxyl groups excluding tert-OH is 1. The van der Waals surface area contributed by atoms with Crippen molar-refractivity contribution in [2.45, 2.75) is 32.7 Å². The SMILES string of the molecule is CC(C)C(CCO)NC(=O)Cc1c[nH]c2cc(Cl)ccc12. The first-order chi connectivity index (χ1) is 10.0. The van der Waals surface area contributed by atoms with E-state index in [2.05, 4.69) is 10.3 Å². The zero-order valence-corrected chi connectivity index (χ0v) is 13.1. The number of halogens is 1. The number of benzene rings is 1. The molecule has 1 heterocycles. The fraction of sp³-hybridized carbons (Fsp3) is 0.438.